The molecule has 21 heavy (non-hydrogen) atoms. The zero-order chi connectivity index (χ0) is 15.4. The SMILES string of the molecule is CC(CC(=O)N(CC(=O)O)C1CC1)NC(=O)C1CCCC1. The van der Waals surface area contributed by atoms with Gasteiger partial charge in [-0.15, -0.1) is 0 Å². The molecule has 1 atom stereocenters. The second kappa shape index (κ2) is 6.91. The largest absolute Gasteiger partial charge is 0.480 e. The predicted molar refractivity (Wildman–Crippen MR) is 76.6 cm³/mol. The van der Waals surface area contributed by atoms with E-state index in [0.717, 1.165) is 38.5 Å². The minimum absolute atomic E-state index is 0.0315. The minimum atomic E-state index is -0.988. The molecule has 118 valence electrons. The Hall–Kier alpha value is -1.59. The summed E-state index contributed by atoms with van der Waals surface area (Å²) in [5, 5.41) is 11.8. The number of nitrogens with zero attached hydrogens (tertiary/aromatic N) is 1. The zero-order valence-corrected chi connectivity index (χ0v) is 12.5. The lowest BCUT2D eigenvalue weighted by Gasteiger charge is -2.23. The van der Waals surface area contributed by atoms with Gasteiger partial charge in [-0.05, 0) is 32.6 Å². The Morgan fingerprint density at radius 3 is 2.33 bits per heavy atom. The smallest absolute Gasteiger partial charge is 0.323 e. The van der Waals surface area contributed by atoms with Crippen molar-refractivity contribution < 1.29 is 19.5 Å². The van der Waals surface area contributed by atoms with Gasteiger partial charge in [0.05, 0.1) is 0 Å². The summed E-state index contributed by atoms with van der Waals surface area (Å²) in [6.07, 6.45) is 5.98. The molecule has 0 aliphatic heterocycles. The van der Waals surface area contributed by atoms with Crippen LogP contribution in [0.5, 0.6) is 0 Å². The average Bonchev–Trinajstić information content (AvgIpc) is 3.08. The predicted octanol–water partition coefficient (Wildman–Crippen LogP) is 1.15. The second-order valence-electron chi connectivity index (χ2n) is 6.24. The number of hydrogen-bond acceptors (Lipinski definition) is 3. The van der Waals surface area contributed by atoms with Crippen LogP contribution in [0, 0.1) is 5.92 Å². The first kappa shape index (κ1) is 15.8. The van der Waals surface area contributed by atoms with Crippen molar-refractivity contribution in [2.24, 2.45) is 5.92 Å². The Kier molecular flexibility index (Phi) is 5.20. The summed E-state index contributed by atoms with van der Waals surface area (Å²) in [6, 6.07) is -0.174. The first-order valence-corrected chi connectivity index (χ1v) is 7.79. The third-order valence-corrected chi connectivity index (χ3v) is 4.21. The molecular weight excluding hydrogens is 272 g/mol. The number of carbonyl (C=O) groups excluding carboxylic acids is 2. The normalized spacial score (nSPS) is 20.0. The molecule has 0 saturated heterocycles. The molecule has 6 nitrogen and oxygen atoms in total. The van der Waals surface area contributed by atoms with E-state index in [2.05, 4.69) is 5.32 Å². The van der Waals surface area contributed by atoms with Crippen LogP contribution >= 0.6 is 0 Å². The summed E-state index contributed by atoms with van der Waals surface area (Å²) in [4.78, 5) is 36.4. The van der Waals surface area contributed by atoms with Gasteiger partial charge in [-0.1, -0.05) is 12.8 Å². The molecule has 0 heterocycles. The molecule has 2 saturated carbocycles. The first-order valence-electron chi connectivity index (χ1n) is 7.79. The van der Waals surface area contributed by atoms with Crippen LogP contribution in [0.4, 0.5) is 0 Å². The maximum Gasteiger partial charge on any atom is 0.323 e. The molecule has 0 aromatic carbocycles. The van der Waals surface area contributed by atoms with Crippen LogP contribution in [0.15, 0.2) is 0 Å². The lowest BCUT2D eigenvalue weighted by molar-refractivity contribution is -0.145. The topological polar surface area (TPSA) is 86.7 Å². The van der Waals surface area contributed by atoms with Gasteiger partial charge >= 0.3 is 5.97 Å². The van der Waals surface area contributed by atoms with Gasteiger partial charge in [0.2, 0.25) is 11.8 Å². The third kappa shape index (κ3) is 4.72. The van der Waals surface area contributed by atoms with E-state index < -0.39 is 5.97 Å². The van der Waals surface area contributed by atoms with E-state index in [1.54, 1.807) is 6.92 Å². The fourth-order valence-corrected chi connectivity index (χ4v) is 2.93. The molecule has 2 aliphatic rings. The number of carboxylic acids is 1. The Morgan fingerprint density at radius 1 is 1.19 bits per heavy atom. The van der Waals surface area contributed by atoms with Crippen LogP contribution in [0.25, 0.3) is 0 Å². The van der Waals surface area contributed by atoms with Crippen molar-refractivity contribution in [3.63, 3.8) is 0 Å². The molecule has 0 spiro atoms. The summed E-state index contributed by atoms with van der Waals surface area (Å²) in [7, 11) is 0. The maximum absolute atomic E-state index is 12.2. The van der Waals surface area contributed by atoms with E-state index in [1.165, 1.54) is 4.90 Å². The Labute approximate surface area is 124 Å². The van der Waals surface area contributed by atoms with Crippen molar-refractivity contribution in [2.45, 2.75) is 64.0 Å². The molecule has 2 amide bonds. The quantitative estimate of drug-likeness (QED) is 0.738. The highest BCUT2D eigenvalue weighted by Gasteiger charge is 2.34. The van der Waals surface area contributed by atoms with E-state index in [4.69, 9.17) is 5.11 Å². The highest BCUT2D eigenvalue weighted by atomic mass is 16.4. The summed E-state index contributed by atoms with van der Waals surface area (Å²) in [5.41, 5.74) is 0. The van der Waals surface area contributed by atoms with Crippen molar-refractivity contribution in [1.82, 2.24) is 10.2 Å². The van der Waals surface area contributed by atoms with Crippen LogP contribution < -0.4 is 5.32 Å². The summed E-state index contributed by atoms with van der Waals surface area (Å²) in [6.45, 7) is 1.56. The monoisotopic (exact) mass is 296 g/mol. The van der Waals surface area contributed by atoms with Crippen molar-refractivity contribution in [3.05, 3.63) is 0 Å². The van der Waals surface area contributed by atoms with Crippen LogP contribution in [0.3, 0.4) is 0 Å². The van der Waals surface area contributed by atoms with Crippen LogP contribution in [-0.4, -0.2) is 46.4 Å². The van der Waals surface area contributed by atoms with Gasteiger partial charge in [-0.2, -0.15) is 0 Å². The molecular formula is C15H24N2O4. The average molecular weight is 296 g/mol. The number of nitrogens with one attached hydrogen (secondary N) is 1. The minimum Gasteiger partial charge on any atom is -0.480 e. The van der Waals surface area contributed by atoms with Crippen LogP contribution in [0.2, 0.25) is 0 Å². The van der Waals surface area contributed by atoms with Crippen LogP contribution in [-0.2, 0) is 14.4 Å². The summed E-state index contributed by atoms with van der Waals surface area (Å²) in [5.74, 6) is -1.05. The number of amides is 2. The lowest BCUT2D eigenvalue weighted by atomic mass is 10.1. The molecule has 0 bridgehead atoms. The molecule has 2 fully saturated rings. The van der Waals surface area contributed by atoms with Crippen molar-refractivity contribution in [3.8, 4) is 0 Å². The molecule has 2 N–H and O–H groups in total. The maximum atomic E-state index is 12.2. The molecule has 0 radical (unpaired) electrons. The number of carboxylic acid groups (broad SMARTS) is 1. The van der Waals surface area contributed by atoms with E-state index in [0.29, 0.717) is 0 Å². The number of hydrogen-bond donors (Lipinski definition) is 2. The van der Waals surface area contributed by atoms with E-state index in [9.17, 15) is 14.4 Å². The van der Waals surface area contributed by atoms with Gasteiger partial charge in [0.15, 0.2) is 0 Å². The van der Waals surface area contributed by atoms with E-state index in [-0.39, 0.29) is 42.8 Å². The fraction of sp³-hybridized carbons (Fsp3) is 0.800. The van der Waals surface area contributed by atoms with Gasteiger partial charge in [0.25, 0.3) is 0 Å². The zero-order valence-electron chi connectivity index (χ0n) is 12.5. The Bertz CT molecular complexity index is 414. The highest BCUT2D eigenvalue weighted by molar-refractivity contribution is 5.84. The van der Waals surface area contributed by atoms with Crippen LogP contribution in [0.1, 0.15) is 51.9 Å². The Balaban J connectivity index is 1.79. The third-order valence-electron chi connectivity index (χ3n) is 4.21. The van der Waals surface area contributed by atoms with Gasteiger partial charge < -0.3 is 15.3 Å². The molecule has 0 aromatic heterocycles. The van der Waals surface area contributed by atoms with Gasteiger partial charge in [0, 0.05) is 24.4 Å². The van der Waals surface area contributed by atoms with Gasteiger partial charge in [0.1, 0.15) is 6.54 Å². The molecule has 2 rings (SSSR count). The molecule has 0 aromatic rings. The van der Waals surface area contributed by atoms with Crippen molar-refractivity contribution in [2.75, 3.05) is 6.54 Å². The number of aliphatic carboxylic acids is 1. The van der Waals surface area contributed by atoms with Crippen molar-refractivity contribution >= 4 is 17.8 Å². The standard InChI is InChI=1S/C15H24N2O4/c1-10(16-15(21)11-4-2-3-5-11)8-13(18)17(9-14(19)20)12-6-7-12/h10-12H,2-9H2,1H3,(H,16,21)(H,19,20). The summed E-state index contributed by atoms with van der Waals surface area (Å²) >= 11 is 0. The van der Waals surface area contributed by atoms with E-state index >= 15 is 0 Å². The van der Waals surface area contributed by atoms with Gasteiger partial charge in [-0.3, -0.25) is 14.4 Å². The number of carbonyl (C=O) groups is 3. The van der Waals surface area contributed by atoms with E-state index in [1.807, 2.05) is 0 Å². The lowest BCUT2D eigenvalue weighted by Crippen LogP contribution is -2.43. The fourth-order valence-electron chi connectivity index (χ4n) is 2.93. The number of rotatable bonds is 7. The van der Waals surface area contributed by atoms with Gasteiger partial charge in [-0.25, -0.2) is 0 Å². The highest BCUT2D eigenvalue weighted by Crippen LogP contribution is 2.27. The Morgan fingerprint density at radius 2 is 1.81 bits per heavy atom. The van der Waals surface area contributed by atoms with Crippen molar-refractivity contribution in [1.29, 1.82) is 0 Å². The molecule has 2 aliphatic carbocycles. The second-order valence-corrected chi connectivity index (χ2v) is 6.24. The molecule has 6 heteroatoms. The first-order chi connectivity index (χ1) is 9.97. The summed E-state index contributed by atoms with van der Waals surface area (Å²) < 4.78 is 0. The molecule has 1 unspecified atom stereocenters.